The molecule has 4 heteroatoms. The van der Waals surface area contributed by atoms with Gasteiger partial charge < -0.3 is 10.2 Å². The fourth-order valence-corrected chi connectivity index (χ4v) is 3.97. The van der Waals surface area contributed by atoms with E-state index < -0.39 is 0 Å². The number of aromatic nitrogens is 2. The Morgan fingerprint density at radius 1 is 1.08 bits per heavy atom. The topological polar surface area (TPSA) is 33.1 Å². The maximum absolute atomic E-state index is 4.56. The normalized spacial score (nSPS) is 20.5. The Morgan fingerprint density at radius 2 is 1.84 bits per heavy atom. The van der Waals surface area contributed by atoms with E-state index in [1.165, 1.54) is 56.7 Å². The van der Waals surface area contributed by atoms with Crippen LogP contribution in [0.5, 0.6) is 0 Å². The van der Waals surface area contributed by atoms with Gasteiger partial charge in [0.2, 0.25) is 0 Å². The van der Waals surface area contributed by atoms with Gasteiger partial charge in [-0.2, -0.15) is 5.10 Å². The molecule has 1 saturated carbocycles. The van der Waals surface area contributed by atoms with Gasteiger partial charge in [-0.25, -0.2) is 4.68 Å². The van der Waals surface area contributed by atoms with Gasteiger partial charge in [0, 0.05) is 31.7 Å². The van der Waals surface area contributed by atoms with Crippen LogP contribution in [0.1, 0.15) is 44.2 Å². The van der Waals surface area contributed by atoms with Crippen molar-refractivity contribution < 1.29 is 0 Å². The molecule has 0 amide bonds. The van der Waals surface area contributed by atoms with Gasteiger partial charge in [-0.05, 0) is 50.5 Å². The van der Waals surface area contributed by atoms with Gasteiger partial charge in [0.15, 0.2) is 0 Å². The van der Waals surface area contributed by atoms with Crippen molar-refractivity contribution >= 4 is 5.82 Å². The Hall–Kier alpha value is -1.81. The zero-order chi connectivity index (χ0) is 17.1. The standard InChI is InChI=1S/C21H30N4/c1-17(19-7-8-19)25-21(9-13-22-25)23-20-11-15-24(16-12-20)14-10-18-5-3-2-4-6-18/h2-6,9,13,17,19-20,23H,7-8,10-12,14-16H2,1H3/t17-/m0/s1. The molecule has 0 radical (unpaired) electrons. The maximum atomic E-state index is 4.56. The molecule has 4 nitrogen and oxygen atoms in total. The van der Waals surface area contributed by atoms with Gasteiger partial charge in [-0.1, -0.05) is 30.3 Å². The molecule has 25 heavy (non-hydrogen) atoms. The first-order valence-electron chi connectivity index (χ1n) is 9.86. The molecule has 2 fully saturated rings. The lowest BCUT2D eigenvalue weighted by molar-refractivity contribution is 0.221. The van der Waals surface area contributed by atoms with Gasteiger partial charge in [0.25, 0.3) is 0 Å². The number of nitrogens with zero attached hydrogens (tertiary/aromatic N) is 3. The first-order chi connectivity index (χ1) is 12.3. The highest BCUT2D eigenvalue weighted by molar-refractivity contribution is 5.36. The lowest BCUT2D eigenvalue weighted by atomic mass is 10.0. The second-order valence-electron chi connectivity index (χ2n) is 7.73. The molecule has 2 heterocycles. The van der Waals surface area contributed by atoms with E-state index in [4.69, 9.17) is 0 Å². The summed E-state index contributed by atoms with van der Waals surface area (Å²) in [5.41, 5.74) is 1.45. The molecule has 1 aromatic carbocycles. The molecule has 1 aliphatic carbocycles. The van der Waals surface area contributed by atoms with E-state index in [9.17, 15) is 0 Å². The monoisotopic (exact) mass is 338 g/mol. The number of piperidine rings is 1. The second kappa shape index (κ2) is 7.61. The van der Waals surface area contributed by atoms with Crippen LogP contribution in [0.15, 0.2) is 42.6 Å². The number of benzene rings is 1. The van der Waals surface area contributed by atoms with E-state index in [1.54, 1.807) is 0 Å². The molecule has 1 aromatic heterocycles. The third kappa shape index (κ3) is 4.24. The van der Waals surface area contributed by atoms with Crippen molar-refractivity contribution in [2.45, 2.75) is 51.1 Å². The number of hydrogen-bond donors (Lipinski definition) is 1. The largest absolute Gasteiger partial charge is 0.367 e. The summed E-state index contributed by atoms with van der Waals surface area (Å²) in [6, 6.07) is 14.1. The van der Waals surface area contributed by atoms with Crippen LogP contribution in [0.2, 0.25) is 0 Å². The lowest BCUT2D eigenvalue weighted by Crippen LogP contribution is -2.40. The third-order valence-electron chi connectivity index (χ3n) is 5.86. The minimum Gasteiger partial charge on any atom is -0.367 e. The zero-order valence-electron chi connectivity index (χ0n) is 15.3. The summed E-state index contributed by atoms with van der Waals surface area (Å²) in [7, 11) is 0. The van der Waals surface area contributed by atoms with Crippen molar-refractivity contribution in [2.24, 2.45) is 5.92 Å². The van der Waals surface area contributed by atoms with Crippen molar-refractivity contribution in [1.82, 2.24) is 14.7 Å². The predicted octanol–water partition coefficient (Wildman–Crippen LogP) is 3.97. The number of nitrogens with one attached hydrogen (secondary N) is 1. The van der Waals surface area contributed by atoms with Gasteiger partial charge in [-0.3, -0.25) is 0 Å². The van der Waals surface area contributed by atoms with E-state index >= 15 is 0 Å². The third-order valence-corrected chi connectivity index (χ3v) is 5.86. The van der Waals surface area contributed by atoms with E-state index in [2.05, 4.69) is 63.3 Å². The average molecular weight is 338 g/mol. The average Bonchev–Trinajstić information content (AvgIpc) is 3.41. The van der Waals surface area contributed by atoms with E-state index in [1.807, 2.05) is 6.20 Å². The number of hydrogen-bond acceptors (Lipinski definition) is 3. The Labute approximate surface area is 151 Å². The molecule has 1 N–H and O–H groups in total. The summed E-state index contributed by atoms with van der Waals surface area (Å²) in [6.45, 7) is 5.86. The highest BCUT2D eigenvalue weighted by atomic mass is 15.3. The molecule has 0 bridgehead atoms. The minimum absolute atomic E-state index is 0.531. The van der Waals surface area contributed by atoms with Crippen molar-refractivity contribution in [3.63, 3.8) is 0 Å². The van der Waals surface area contributed by atoms with Crippen LogP contribution in [0.3, 0.4) is 0 Å². The lowest BCUT2D eigenvalue weighted by Gasteiger charge is -2.33. The molecule has 2 aromatic rings. The van der Waals surface area contributed by atoms with Crippen molar-refractivity contribution in [1.29, 1.82) is 0 Å². The first-order valence-corrected chi connectivity index (χ1v) is 9.86. The predicted molar refractivity (Wildman–Crippen MR) is 103 cm³/mol. The van der Waals surface area contributed by atoms with E-state index in [0.717, 1.165) is 12.3 Å². The van der Waals surface area contributed by atoms with Crippen molar-refractivity contribution in [3.8, 4) is 0 Å². The first kappa shape index (κ1) is 16.6. The summed E-state index contributed by atoms with van der Waals surface area (Å²) in [4.78, 5) is 2.61. The Balaban J connectivity index is 1.24. The number of rotatable bonds is 7. The smallest absolute Gasteiger partial charge is 0.124 e. The minimum atomic E-state index is 0.531. The van der Waals surface area contributed by atoms with E-state index in [-0.39, 0.29) is 0 Å². The fraction of sp³-hybridized carbons (Fsp3) is 0.571. The zero-order valence-corrected chi connectivity index (χ0v) is 15.3. The Bertz CT molecular complexity index is 654. The SMILES string of the molecule is C[C@@H](C1CC1)n1nccc1NC1CCN(CCc2ccccc2)CC1. The van der Waals surface area contributed by atoms with Crippen LogP contribution >= 0.6 is 0 Å². The van der Waals surface area contributed by atoms with Crippen LogP contribution in [0, 0.1) is 5.92 Å². The Kier molecular flexibility index (Phi) is 5.07. The summed E-state index contributed by atoms with van der Waals surface area (Å²) in [5, 5.41) is 8.33. The summed E-state index contributed by atoms with van der Waals surface area (Å²) in [6.07, 6.45) is 8.26. The number of anilines is 1. The van der Waals surface area contributed by atoms with E-state index in [0.29, 0.717) is 12.1 Å². The van der Waals surface area contributed by atoms with Gasteiger partial charge >= 0.3 is 0 Å². The quantitative estimate of drug-likeness (QED) is 0.829. The van der Waals surface area contributed by atoms with Gasteiger partial charge in [-0.15, -0.1) is 0 Å². The molecule has 0 unspecified atom stereocenters. The van der Waals surface area contributed by atoms with Gasteiger partial charge in [0.1, 0.15) is 5.82 Å². The molecule has 4 rings (SSSR count). The molecule has 1 atom stereocenters. The molecule has 0 spiro atoms. The molecular weight excluding hydrogens is 308 g/mol. The highest BCUT2D eigenvalue weighted by Crippen LogP contribution is 2.40. The molecular formula is C21H30N4. The van der Waals surface area contributed by atoms with Crippen molar-refractivity contribution in [2.75, 3.05) is 25.0 Å². The van der Waals surface area contributed by atoms with Crippen LogP contribution in [0.25, 0.3) is 0 Å². The van der Waals surface area contributed by atoms with Crippen LogP contribution in [-0.2, 0) is 6.42 Å². The molecule has 2 aliphatic rings. The molecule has 1 aliphatic heterocycles. The Morgan fingerprint density at radius 3 is 2.56 bits per heavy atom. The second-order valence-corrected chi connectivity index (χ2v) is 7.73. The highest BCUT2D eigenvalue weighted by Gasteiger charge is 2.31. The molecule has 1 saturated heterocycles. The summed E-state index contributed by atoms with van der Waals surface area (Å²) in [5.74, 6) is 2.04. The van der Waals surface area contributed by atoms with Crippen molar-refractivity contribution in [3.05, 3.63) is 48.2 Å². The fourth-order valence-electron chi connectivity index (χ4n) is 3.97. The molecule has 134 valence electrons. The maximum Gasteiger partial charge on any atom is 0.124 e. The van der Waals surface area contributed by atoms with Crippen LogP contribution < -0.4 is 5.32 Å². The summed E-state index contributed by atoms with van der Waals surface area (Å²) >= 11 is 0. The number of likely N-dealkylation sites (tertiary alicyclic amines) is 1. The van der Waals surface area contributed by atoms with Gasteiger partial charge in [0.05, 0.1) is 12.2 Å². The summed E-state index contributed by atoms with van der Waals surface area (Å²) < 4.78 is 2.21. The van der Waals surface area contributed by atoms with Crippen LogP contribution in [0.4, 0.5) is 5.82 Å². The van der Waals surface area contributed by atoms with Crippen LogP contribution in [-0.4, -0.2) is 40.4 Å².